The number of rotatable bonds is 7. The number of aromatic nitrogens is 5. The molecule has 41 heavy (non-hydrogen) atoms. The summed E-state index contributed by atoms with van der Waals surface area (Å²) in [5.41, 5.74) is 5.62. The van der Waals surface area contributed by atoms with Gasteiger partial charge >= 0.3 is 0 Å². The molecule has 7 heteroatoms. The van der Waals surface area contributed by atoms with Crippen LogP contribution in [0.25, 0.3) is 10.9 Å². The lowest BCUT2D eigenvalue weighted by Crippen LogP contribution is -2.37. The fraction of sp³-hybridized carbons (Fsp3) is 0.353. The van der Waals surface area contributed by atoms with E-state index >= 15 is 0 Å². The van der Waals surface area contributed by atoms with E-state index in [1.807, 2.05) is 54.1 Å². The Hall–Kier alpha value is -4.10. The number of aryl methyl sites for hydroxylation is 1. The van der Waals surface area contributed by atoms with E-state index in [4.69, 9.17) is 0 Å². The summed E-state index contributed by atoms with van der Waals surface area (Å²) in [6.45, 7) is 16.1. The predicted octanol–water partition coefficient (Wildman–Crippen LogP) is 6.67. The van der Waals surface area contributed by atoms with Gasteiger partial charge in [-0.3, -0.25) is 9.69 Å². The molecule has 1 atom stereocenters. The molecule has 212 valence electrons. The van der Waals surface area contributed by atoms with Crippen LogP contribution in [0.15, 0.2) is 83.7 Å². The molecule has 2 aromatic heterocycles. The number of H-pyrrole nitrogens is 1. The first-order valence-electron chi connectivity index (χ1n) is 14.2. The SMILES string of the molecule is Cc1cccc2cc([C@@H](c3nnnn3C(C)(C)C)N(Cc3ccccc3)Cc3ccc(C(C)(C)C)cc3)c(=O)[nH]c12. The second-order valence-corrected chi connectivity index (χ2v) is 13.0. The molecule has 7 nitrogen and oxygen atoms in total. The Bertz CT molecular complexity index is 1690. The van der Waals surface area contributed by atoms with Gasteiger partial charge in [0, 0.05) is 18.7 Å². The van der Waals surface area contributed by atoms with Crippen LogP contribution in [0, 0.1) is 6.92 Å². The van der Waals surface area contributed by atoms with Gasteiger partial charge in [0.1, 0.15) is 6.04 Å². The van der Waals surface area contributed by atoms with Gasteiger partial charge in [0.2, 0.25) is 0 Å². The Morgan fingerprint density at radius 3 is 2.15 bits per heavy atom. The van der Waals surface area contributed by atoms with Crippen LogP contribution in [-0.4, -0.2) is 30.1 Å². The summed E-state index contributed by atoms with van der Waals surface area (Å²) < 4.78 is 1.85. The number of para-hydroxylation sites is 1. The summed E-state index contributed by atoms with van der Waals surface area (Å²) in [4.78, 5) is 19.4. The second kappa shape index (κ2) is 11.1. The third kappa shape index (κ3) is 6.15. The van der Waals surface area contributed by atoms with Gasteiger partial charge in [-0.15, -0.1) is 5.10 Å². The molecule has 0 radical (unpaired) electrons. The monoisotopic (exact) mass is 548 g/mol. The standard InChI is InChI=1S/C34H40N6O/c1-23-12-11-15-26-20-28(32(41)35-29(23)26)30(31-36-37-38-40(31)34(5,6)7)39(21-24-13-9-8-10-14-24)22-25-16-18-27(19-17-25)33(2,3)4/h8-20,30H,21-22H2,1-7H3,(H,35,41)/t30-/m0/s1. The van der Waals surface area contributed by atoms with Gasteiger partial charge in [-0.2, -0.15) is 0 Å². The maximum Gasteiger partial charge on any atom is 0.253 e. The molecular weight excluding hydrogens is 508 g/mol. The Morgan fingerprint density at radius 1 is 0.854 bits per heavy atom. The van der Waals surface area contributed by atoms with Crippen LogP contribution in [0.4, 0.5) is 0 Å². The molecule has 0 aliphatic rings. The van der Waals surface area contributed by atoms with Gasteiger partial charge in [0.05, 0.1) is 11.1 Å². The van der Waals surface area contributed by atoms with Crippen molar-refractivity contribution in [2.24, 2.45) is 0 Å². The highest BCUT2D eigenvalue weighted by molar-refractivity contribution is 5.82. The zero-order valence-corrected chi connectivity index (χ0v) is 25.1. The minimum atomic E-state index is -0.500. The Morgan fingerprint density at radius 2 is 1.51 bits per heavy atom. The van der Waals surface area contributed by atoms with Crippen LogP contribution in [0.1, 0.15) is 81.2 Å². The number of hydrogen-bond acceptors (Lipinski definition) is 5. The largest absolute Gasteiger partial charge is 0.321 e. The molecule has 5 aromatic rings. The fourth-order valence-corrected chi connectivity index (χ4v) is 5.35. The minimum Gasteiger partial charge on any atom is -0.321 e. The number of nitrogens with zero attached hydrogens (tertiary/aromatic N) is 5. The van der Waals surface area contributed by atoms with Crippen LogP contribution in [0.2, 0.25) is 0 Å². The van der Waals surface area contributed by atoms with E-state index in [0.29, 0.717) is 24.5 Å². The predicted molar refractivity (Wildman–Crippen MR) is 165 cm³/mol. The van der Waals surface area contributed by atoms with E-state index < -0.39 is 6.04 Å². The van der Waals surface area contributed by atoms with Gasteiger partial charge in [-0.1, -0.05) is 93.6 Å². The molecular formula is C34H40N6O. The number of hydrogen-bond donors (Lipinski definition) is 1. The van der Waals surface area contributed by atoms with Crippen molar-refractivity contribution in [1.29, 1.82) is 0 Å². The summed E-state index contributed by atoms with van der Waals surface area (Å²) in [5.74, 6) is 0.636. The number of fused-ring (bicyclic) bond motifs is 1. The van der Waals surface area contributed by atoms with E-state index in [-0.39, 0.29) is 16.5 Å². The summed E-state index contributed by atoms with van der Waals surface area (Å²) in [6.07, 6.45) is 0. The van der Waals surface area contributed by atoms with Gasteiger partial charge < -0.3 is 4.98 Å². The molecule has 0 saturated carbocycles. The smallest absolute Gasteiger partial charge is 0.253 e. The first kappa shape index (κ1) is 28.4. The lowest BCUT2D eigenvalue weighted by Gasteiger charge is -2.33. The van der Waals surface area contributed by atoms with Gasteiger partial charge in [-0.25, -0.2) is 4.68 Å². The first-order valence-corrected chi connectivity index (χ1v) is 14.2. The van der Waals surface area contributed by atoms with Crippen LogP contribution >= 0.6 is 0 Å². The van der Waals surface area contributed by atoms with Gasteiger partial charge in [0.15, 0.2) is 5.82 Å². The number of tetrazole rings is 1. The van der Waals surface area contributed by atoms with Crippen LogP contribution in [-0.2, 0) is 24.0 Å². The quantitative estimate of drug-likeness (QED) is 0.246. The molecule has 0 amide bonds. The topological polar surface area (TPSA) is 79.7 Å². The highest BCUT2D eigenvalue weighted by atomic mass is 16.1. The zero-order chi connectivity index (χ0) is 29.4. The Labute approximate surface area is 242 Å². The van der Waals surface area contributed by atoms with Crippen molar-refractivity contribution in [3.8, 4) is 0 Å². The highest BCUT2D eigenvalue weighted by Gasteiger charge is 2.33. The van der Waals surface area contributed by atoms with E-state index in [2.05, 4.69) is 103 Å². The van der Waals surface area contributed by atoms with E-state index in [1.54, 1.807) is 0 Å². The molecule has 3 aromatic carbocycles. The molecule has 0 fully saturated rings. The summed E-state index contributed by atoms with van der Waals surface area (Å²) in [5, 5.41) is 14.0. The molecule has 2 heterocycles. The van der Waals surface area contributed by atoms with Crippen molar-refractivity contribution in [2.45, 2.75) is 78.6 Å². The number of benzene rings is 3. The van der Waals surface area contributed by atoms with Crippen molar-refractivity contribution < 1.29 is 0 Å². The van der Waals surface area contributed by atoms with Crippen molar-refractivity contribution >= 4 is 10.9 Å². The molecule has 0 unspecified atom stereocenters. The van der Waals surface area contributed by atoms with Crippen molar-refractivity contribution in [3.05, 3.63) is 123 Å². The van der Waals surface area contributed by atoms with Crippen LogP contribution in [0.3, 0.4) is 0 Å². The first-order chi connectivity index (χ1) is 19.4. The number of pyridine rings is 1. The zero-order valence-electron chi connectivity index (χ0n) is 25.1. The third-order valence-corrected chi connectivity index (χ3v) is 7.58. The molecule has 1 N–H and O–H groups in total. The van der Waals surface area contributed by atoms with E-state index in [1.165, 1.54) is 5.56 Å². The average molecular weight is 549 g/mol. The fourth-order valence-electron chi connectivity index (χ4n) is 5.35. The normalized spacial score (nSPS) is 13.2. The molecule has 5 rings (SSSR count). The summed E-state index contributed by atoms with van der Waals surface area (Å²) >= 11 is 0. The lowest BCUT2D eigenvalue weighted by atomic mass is 9.86. The molecule has 0 spiro atoms. The van der Waals surface area contributed by atoms with Crippen molar-refractivity contribution in [3.63, 3.8) is 0 Å². The van der Waals surface area contributed by atoms with Gasteiger partial charge in [0.25, 0.3) is 5.56 Å². The highest BCUT2D eigenvalue weighted by Crippen LogP contribution is 2.33. The van der Waals surface area contributed by atoms with Gasteiger partial charge in [-0.05, 0) is 77.2 Å². The molecule has 0 aliphatic heterocycles. The number of nitrogens with one attached hydrogen (secondary N) is 1. The summed E-state index contributed by atoms with van der Waals surface area (Å²) in [6, 6.07) is 26.7. The molecule has 0 bridgehead atoms. The maximum absolute atomic E-state index is 13.9. The minimum absolute atomic E-state index is 0.0656. The maximum atomic E-state index is 13.9. The van der Waals surface area contributed by atoms with E-state index in [0.717, 1.165) is 27.6 Å². The van der Waals surface area contributed by atoms with E-state index in [9.17, 15) is 4.79 Å². The Kier molecular flexibility index (Phi) is 7.66. The number of aromatic amines is 1. The lowest BCUT2D eigenvalue weighted by molar-refractivity contribution is 0.184. The second-order valence-electron chi connectivity index (χ2n) is 13.0. The van der Waals surface area contributed by atoms with Crippen LogP contribution < -0.4 is 5.56 Å². The Balaban J connectivity index is 1.70. The van der Waals surface area contributed by atoms with Crippen LogP contribution in [0.5, 0.6) is 0 Å². The third-order valence-electron chi connectivity index (χ3n) is 7.58. The van der Waals surface area contributed by atoms with Crippen molar-refractivity contribution in [1.82, 2.24) is 30.1 Å². The summed E-state index contributed by atoms with van der Waals surface area (Å²) in [7, 11) is 0. The molecule has 0 aliphatic carbocycles. The average Bonchev–Trinajstić information content (AvgIpc) is 3.40. The molecule has 0 saturated heterocycles. The van der Waals surface area contributed by atoms with Crippen molar-refractivity contribution in [2.75, 3.05) is 0 Å².